The van der Waals surface area contributed by atoms with Crippen molar-refractivity contribution < 1.29 is 4.52 Å². The Bertz CT molecular complexity index is 529. The van der Waals surface area contributed by atoms with Gasteiger partial charge in [-0.2, -0.15) is 10.1 Å². The van der Waals surface area contributed by atoms with Gasteiger partial charge in [0.2, 0.25) is 5.89 Å². The molecule has 0 unspecified atom stereocenters. The van der Waals surface area contributed by atoms with Crippen LogP contribution in [0.2, 0.25) is 0 Å². The van der Waals surface area contributed by atoms with E-state index < -0.39 is 0 Å². The fraction of sp³-hybridized carbons (Fsp3) is 0.583. The van der Waals surface area contributed by atoms with Crippen molar-refractivity contribution >= 4 is 0 Å². The van der Waals surface area contributed by atoms with Gasteiger partial charge < -0.3 is 9.84 Å². The summed E-state index contributed by atoms with van der Waals surface area (Å²) in [4.78, 5) is 4.30. The maximum atomic E-state index is 5.19. The van der Waals surface area contributed by atoms with E-state index >= 15 is 0 Å². The summed E-state index contributed by atoms with van der Waals surface area (Å²) in [6.07, 6.45) is 0.783. The lowest BCUT2D eigenvalue weighted by atomic mass is 10.2. The van der Waals surface area contributed by atoms with E-state index in [1.54, 1.807) is 0 Å². The van der Waals surface area contributed by atoms with Crippen molar-refractivity contribution in [2.45, 2.75) is 40.3 Å². The smallest absolute Gasteiger partial charge is 0.248 e. The first-order chi connectivity index (χ1) is 8.65. The van der Waals surface area contributed by atoms with Gasteiger partial charge in [-0.3, -0.25) is 4.68 Å². The van der Waals surface area contributed by atoms with E-state index in [0.717, 1.165) is 30.2 Å². The average Bonchev–Trinajstić information content (AvgIpc) is 2.90. The highest BCUT2D eigenvalue weighted by molar-refractivity contribution is 5.24. The van der Waals surface area contributed by atoms with Crippen LogP contribution < -0.4 is 5.32 Å². The van der Waals surface area contributed by atoms with Crippen molar-refractivity contribution in [1.29, 1.82) is 0 Å². The number of rotatable bonds is 5. The van der Waals surface area contributed by atoms with Crippen molar-refractivity contribution in [3.63, 3.8) is 0 Å². The van der Waals surface area contributed by atoms with Crippen LogP contribution >= 0.6 is 0 Å². The summed E-state index contributed by atoms with van der Waals surface area (Å²) in [6.45, 7) is 7.43. The molecule has 0 atom stereocenters. The second-order valence-electron chi connectivity index (χ2n) is 4.30. The number of nitrogens with one attached hydrogen (secondary N) is 1. The van der Waals surface area contributed by atoms with Crippen molar-refractivity contribution in [3.8, 4) is 0 Å². The van der Waals surface area contributed by atoms with Crippen LogP contribution in [0.5, 0.6) is 0 Å². The predicted molar refractivity (Wildman–Crippen MR) is 67.2 cm³/mol. The quantitative estimate of drug-likeness (QED) is 0.862. The van der Waals surface area contributed by atoms with Crippen LogP contribution in [-0.4, -0.2) is 27.0 Å². The minimum absolute atomic E-state index is 0.531. The topological polar surface area (TPSA) is 68.8 Å². The number of aryl methyl sites for hydroxylation is 2. The molecule has 2 heterocycles. The summed E-state index contributed by atoms with van der Waals surface area (Å²) in [5.74, 6) is 1.34. The Labute approximate surface area is 106 Å². The lowest BCUT2D eigenvalue weighted by Gasteiger charge is -2.02. The molecule has 0 bridgehead atoms. The molecule has 0 saturated heterocycles. The Balaban J connectivity index is 2.21. The Morgan fingerprint density at radius 2 is 2.11 bits per heavy atom. The Kier molecular flexibility index (Phi) is 3.76. The first-order valence-corrected chi connectivity index (χ1v) is 6.14. The molecule has 0 radical (unpaired) electrons. The Hall–Kier alpha value is -1.69. The number of aromatic nitrogens is 4. The van der Waals surface area contributed by atoms with Gasteiger partial charge in [-0.05, 0) is 20.9 Å². The molecule has 0 amide bonds. The predicted octanol–water partition coefficient (Wildman–Crippen LogP) is 1.21. The molecular formula is C12H19N5O. The zero-order valence-corrected chi connectivity index (χ0v) is 11.3. The van der Waals surface area contributed by atoms with Gasteiger partial charge in [0.25, 0.3) is 0 Å². The van der Waals surface area contributed by atoms with Crippen LogP contribution in [0.1, 0.15) is 35.6 Å². The molecule has 6 heteroatoms. The molecule has 0 fully saturated rings. The molecule has 1 N–H and O–H groups in total. The standard InChI is InChI=1S/C12H19N5O/c1-5-11-14-12(18-16-11)7-17-9(3)10(6-13-4)8(2)15-17/h13H,5-7H2,1-4H3. The first-order valence-electron chi connectivity index (χ1n) is 6.14. The third kappa shape index (κ3) is 2.43. The van der Waals surface area contributed by atoms with Crippen molar-refractivity contribution in [2.24, 2.45) is 0 Å². The van der Waals surface area contributed by atoms with Gasteiger partial charge in [0.05, 0.1) is 5.69 Å². The molecule has 0 aliphatic heterocycles. The highest BCUT2D eigenvalue weighted by atomic mass is 16.5. The zero-order valence-electron chi connectivity index (χ0n) is 11.3. The van der Waals surface area contributed by atoms with E-state index in [2.05, 4.69) is 27.5 Å². The van der Waals surface area contributed by atoms with Crippen LogP contribution in [-0.2, 0) is 19.5 Å². The van der Waals surface area contributed by atoms with Crippen molar-refractivity contribution in [1.82, 2.24) is 25.2 Å². The summed E-state index contributed by atoms with van der Waals surface area (Å²) in [5.41, 5.74) is 3.41. The van der Waals surface area contributed by atoms with Gasteiger partial charge in [-0.15, -0.1) is 0 Å². The van der Waals surface area contributed by atoms with Crippen LogP contribution in [0.4, 0.5) is 0 Å². The van der Waals surface area contributed by atoms with Gasteiger partial charge in [0.15, 0.2) is 5.82 Å². The van der Waals surface area contributed by atoms with Gasteiger partial charge in [-0.1, -0.05) is 12.1 Å². The molecular weight excluding hydrogens is 230 g/mol. The van der Waals surface area contributed by atoms with Crippen molar-refractivity contribution in [3.05, 3.63) is 28.7 Å². The van der Waals surface area contributed by atoms with Gasteiger partial charge in [0, 0.05) is 24.2 Å². The first kappa shape index (κ1) is 12.8. The Morgan fingerprint density at radius 1 is 1.33 bits per heavy atom. The third-order valence-electron chi connectivity index (χ3n) is 3.00. The number of hydrogen-bond acceptors (Lipinski definition) is 5. The molecule has 98 valence electrons. The van der Waals surface area contributed by atoms with Crippen LogP contribution in [0.15, 0.2) is 4.52 Å². The van der Waals surface area contributed by atoms with E-state index in [-0.39, 0.29) is 0 Å². The van der Waals surface area contributed by atoms with Crippen LogP contribution in [0, 0.1) is 13.8 Å². The summed E-state index contributed by atoms with van der Waals surface area (Å²) >= 11 is 0. The normalized spacial score (nSPS) is 11.1. The summed E-state index contributed by atoms with van der Waals surface area (Å²) in [5, 5.41) is 11.5. The molecule has 0 saturated carbocycles. The minimum atomic E-state index is 0.531. The van der Waals surface area contributed by atoms with Crippen LogP contribution in [0.25, 0.3) is 0 Å². The second kappa shape index (κ2) is 5.30. The fourth-order valence-corrected chi connectivity index (χ4v) is 1.95. The molecule has 18 heavy (non-hydrogen) atoms. The molecule has 0 aliphatic rings. The average molecular weight is 249 g/mol. The van der Waals surface area contributed by atoms with Crippen molar-refractivity contribution in [2.75, 3.05) is 7.05 Å². The molecule has 2 aromatic rings. The molecule has 2 aromatic heterocycles. The largest absolute Gasteiger partial charge is 0.337 e. The van der Waals surface area contributed by atoms with Gasteiger partial charge in [0.1, 0.15) is 6.54 Å². The second-order valence-corrected chi connectivity index (χ2v) is 4.30. The molecule has 0 aromatic carbocycles. The van der Waals surface area contributed by atoms with E-state index in [0.29, 0.717) is 12.4 Å². The number of hydrogen-bond donors (Lipinski definition) is 1. The Morgan fingerprint density at radius 3 is 2.72 bits per heavy atom. The third-order valence-corrected chi connectivity index (χ3v) is 3.00. The highest BCUT2D eigenvalue weighted by Gasteiger charge is 2.13. The molecule has 0 spiro atoms. The SMILES string of the molecule is CCc1noc(Cn2nc(C)c(CNC)c2C)n1. The lowest BCUT2D eigenvalue weighted by molar-refractivity contribution is 0.360. The molecule has 2 rings (SSSR count). The van der Waals surface area contributed by atoms with Gasteiger partial charge in [-0.25, -0.2) is 0 Å². The maximum Gasteiger partial charge on any atom is 0.248 e. The van der Waals surface area contributed by atoms with E-state index in [9.17, 15) is 0 Å². The fourth-order valence-electron chi connectivity index (χ4n) is 1.95. The summed E-state index contributed by atoms with van der Waals surface area (Å²) in [7, 11) is 1.93. The summed E-state index contributed by atoms with van der Waals surface area (Å²) in [6, 6.07) is 0. The van der Waals surface area contributed by atoms with Crippen LogP contribution in [0.3, 0.4) is 0 Å². The van der Waals surface area contributed by atoms with Gasteiger partial charge >= 0.3 is 0 Å². The summed E-state index contributed by atoms with van der Waals surface area (Å²) < 4.78 is 7.10. The van der Waals surface area contributed by atoms with E-state index in [1.165, 1.54) is 5.56 Å². The monoisotopic (exact) mass is 249 g/mol. The van der Waals surface area contributed by atoms with E-state index in [1.807, 2.05) is 25.6 Å². The number of nitrogens with zero attached hydrogens (tertiary/aromatic N) is 4. The zero-order chi connectivity index (χ0) is 13.1. The van der Waals surface area contributed by atoms with E-state index in [4.69, 9.17) is 4.52 Å². The minimum Gasteiger partial charge on any atom is -0.337 e. The molecule has 6 nitrogen and oxygen atoms in total. The maximum absolute atomic E-state index is 5.19. The highest BCUT2D eigenvalue weighted by Crippen LogP contribution is 2.14. The lowest BCUT2D eigenvalue weighted by Crippen LogP contribution is -2.08. The molecule has 0 aliphatic carbocycles.